The highest BCUT2D eigenvalue weighted by molar-refractivity contribution is 7.15. The molecule has 3 amide bonds. The van der Waals surface area contributed by atoms with E-state index >= 15 is 0 Å². The molecule has 3 heterocycles. The minimum Gasteiger partial charge on any atom is -0.454 e. The van der Waals surface area contributed by atoms with Gasteiger partial charge >= 0.3 is 6.03 Å². The van der Waals surface area contributed by atoms with Crippen molar-refractivity contribution in [2.45, 2.75) is 44.7 Å². The monoisotopic (exact) mass is 443 g/mol. The first-order chi connectivity index (χ1) is 15.1. The zero-order valence-electron chi connectivity index (χ0n) is 17.1. The van der Waals surface area contributed by atoms with Crippen molar-refractivity contribution >= 4 is 34.1 Å². The van der Waals surface area contributed by atoms with E-state index in [1.165, 1.54) is 24.2 Å². The van der Waals surface area contributed by atoms with Crippen LogP contribution < -0.4 is 25.4 Å². The Hall–Kier alpha value is -2.85. The highest BCUT2D eigenvalue weighted by Gasteiger charge is 2.24. The molecule has 0 saturated heterocycles. The third-order valence-electron chi connectivity index (χ3n) is 5.74. The fourth-order valence-electron chi connectivity index (χ4n) is 4.20. The number of amides is 3. The molecule has 0 radical (unpaired) electrons. The van der Waals surface area contributed by atoms with Gasteiger partial charge < -0.3 is 20.1 Å². The topological polar surface area (TPSA) is 105 Å². The van der Waals surface area contributed by atoms with Gasteiger partial charge in [0.25, 0.3) is 0 Å². The summed E-state index contributed by atoms with van der Waals surface area (Å²) in [4.78, 5) is 32.5. The predicted molar refractivity (Wildman–Crippen MR) is 117 cm³/mol. The lowest BCUT2D eigenvalue weighted by atomic mass is 10.2. The van der Waals surface area contributed by atoms with Gasteiger partial charge in [0, 0.05) is 42.2 Å². The number of thiazole rings is 1. The lowest BCUT2D eigenvalue weighted by Crippen LogP contribution is -2.36. The molecule has 1 fully saturated rings. The van der Waals surface area contributed by atoms with Crippen molar-refractivity contribution in [3.8, 4) is 11.5 Å². The Kier molecular flexibility index (Phi) is 5.65. The fourth-order valence-corrected chi connectivity index (χ4v) is 5.25. The number of nitrogens with one attached hydrogen (secondary N) is 3. The number of hydrogen-bond acceptors (Lipinski definition) is 7. The van der Waals surface area contributed by atoms with Gasteiger partial charge in [0.15, 0.2) is 16.6 Å². The van der Waals surface area contributed by atoms with Gasteiger partial charge in [-0.25, -0.2) is 9.78 Å². The standard InChI is InChI=1S/C21H25N5O4S/c27-19(22-14-5-6-16-17(9-14)30-12-29-16)11-26-8-7-15-18(10-26)31-21(24-15)25-20(28)23-13-3-1-2-4-13/h5-6,9,13H,1-4,7-8,10-12H2,(H,22,27)(H2,23,24,25,28). The Morgan fingerprint density at radius 2 is 2.00 bits per heavy atom. The van der Waals surface area contributed by atoms with E-state index < -0.39 is 0 Å². The molecular weight excluding hydrogens is 418 g/mol. The molecule has 1 aromatic carbocycles. The number of carbonyl (C=O) groups excluding carboxylic acids is 2. The van der Waals surface area contributed by atoms with E-state index in [9.17, 15) is 9.59 Å². The minimum atomic E-state index is -0.182. The van der Waals surface area contributed by atoms with Crippen molar-refractivity contribution in [3.05, 3.63) is 28.8 Å². The van der Waals surface area contributed by atoms with Crippen molar-refractivity contribution in [3.63, 3.8) is 0 Å². The lowest BCUT2D eigenvalue weighted by molar-refractivity contribution is -0.117. The second-order valence-electron chi connectivity index (χ2n) is 8.05. The zero-order chi connectivity index (χ0) is 21.2. The van der Waals surface area contributed by atoms with Gasteiger partial charge in [0.05, 0.1) is 12.2 Å². The van der Waals surface area contributed by atoms with Gasteiger partial charge in [0.1, 0.15) is 0 Å². The molecule has 2 aliphatic heterocycles. The lowest BCUT2D eigenvalue weighted by Gasteiger charge is -2.25. The summed E-state index contributed by atoms with van der Waals surface area (Å²) in [6.07, 6.45) is 5.20. The van der Waals surface area contributed by atoms with Crippen molar-refractivity contribution in [2.24, 2.45) is 0 Å². The van der Waals surface area contributed by atoms with Crippen molar-refractivity contribution in [1.29, 1.82) is 0 Å². The molecule has 1 saturated carbocycles. The average molecular weight is 444 g/mol. The van der Waals surface area contributed by atoms with Crippen LogP contribution in [0, 0.1) is 0 Å². The number of ether oxygens (including phenoxy) is 2. The summed E-state index contributed by atoms with van der Waals surface area (Å²) in [7, 11) is 0. The van der Waals surface area contributed by atoms with Crippen LogP contribution in [0.1, 0.15) is 36.3 Å². The molecule has 0 spiro atoms. The van der Waals surface area contributed by atoms with E-state index in [4.69, 9.17) is 9.47 Å². The molecule has 31 heavy (non-hydrogen) atoms. The van der Waals surface area contributed by atoms with E-state index in [2.05, 4.69) is 25.8 Å². The highest BCUT2D eigenvalue weighted by atomic mass is 32.1. The van der Waals surface area contributed by atoms with Crippen LogP contribution in [-0.4, -0.2) is 47.7 Å². The molecule has 1 aromatic heterocycles. The SMILES string of the molecule is O=C(CN1CCc2nc(NC(=O)NC3CCCC3)sc2C1)Nc1ccc2c(c1)OCO2. The smallest absolute Gasteiger partial charge is 0.321 e. The van der Waals surface area contributed by atoms with Crippen LogP contribution in [-0.2, 0) is 17.8 Å². The number of urea groups is 1. The Morgan fingerprint density at radius 3 is 2.87 bits per heavy atom. The van der Waals surface area contributed by atoms with Gasteiger partial charge in [0.2, 0.25) is 12.7 Å². The maximum absolute atomic E-state index is 12.5. The molecule has 9 nitrogen and oxygen atoms in total. The summed E-state index contributed by atoms with van der Waals surface area (Å²) >= 11 is 1.48. The van der Waals surface area contributed by atoms with Crippen molar-refractivity contribution in [1.82, 2.24) is 15.2 Å². The van der Waals surface area contributed by atoms with E-state index in [-0.39, 0.29) is 31.3 Å². The molecule has 3 N–H and O–H groups in total. The number of carbonyl (C=O) groups is 2. The third kappa shape index (κ3) is 4.75. The molecule has 164 valence electrons. The van der Waals surface area contributed by atoms with Crippen LogP contribution in [0.25, 0.3) is 0 Å². The van der Waals surface area contributed by atoms with E-state index in [1.54, 1.807) is 18.2 Å². The number of hydrogen-bond donors (Lipinski definition) is 3. The first-order valence-electron chi connectivity index (χ1n) is 10.6. The van der Waals surface area contributed by atoms with Crippen molar-refractivity contribution in [2.75, 3.05) is 30.5 Å². The van der Waals surface area contributed by atoms with Crippen LogP contribution in [0.5, 0.6) is 11.5 Å². The molecule has 3 aliphatic rings. The number of fused-ring (bicyclic) bond motifs is 2. The first-order valence-corrected chi connectivity index (χ1v) is 11.4. The normalized spacial score (nSPS) is 17.9. The Labute approximate surface area is 184 Å². The van der Waals surface area contributed by atoms with Gasteiger partial charge in [-0.1, -0.05) is 12.8 Å². The largest absolute Gasteiger partial charge is 0.454 e. The van der Waals surface area contributed by atoms with Crippen molar-refractivity contribution < 1.29 is 19.1 Å². The maximum atomic E-state index is 12.5. The van der Waals surface area contributed by atoms with E-state index in [0.29, 0.717) is 28.9 Å². The molecule has 10 heteroatoms. The Morgan fingerprint density at radius 1 is 1.16 bits per heavy atom. The van der Waals surface area contributed by atoms with Gasteiger partial charge in [-0.2, -0.15) is 0 Å². The number of nitrogens with zero attached hydrogens (tertiary/aromatic N) is 2. The zero-order valence-corrected chi connectivity index (χ0v) is 17.9. The average Bonchev–Trinajstić information content (AvgIpc) is 3.47. The molecular formula is C21H25N5O4S. The van der Waals surface area contributed by atoms with Crippen LogP contribution in [0.2, 0.25) is 0 Å². The number of anilines is 2. The van der Waals surface area contributed by atoms with Gasteiger partial charge in [-0.15, -0.1) is 11.3 Å². The van der Waals surface area contributed by atoms with Crippen LogP contribution in [0.4, 0.5) is 15.6 Å². The summed E-state index contributed by atoms with van der Waals surface area (Å²) < 4.78 is 10.6. The summed E-state index contributed by atoms with van der Waals surface area (Å²) in [5.74, 6) is 1.25. The molecule has 5 rings (SSSR count). The van der Waals surface area contributed by atoms with Gasteiger partial charge in [-0.05, 0) is 25.0 Å². The van der Waals surface area contributed by atoms with Gasteiger partial charge in [-0.3, -0.25) is 15.0 Å². The summed E-state index contributed by atoms with van der Waals surface area (Å²) in [6, 6.07) is 5.45. The predicted octanol–water partition coefficient (Wildman–Crippen LogP) is 2.93. The maximum Gasteiger partial charge on any atom is 0.321 e. The third-order valence-corrected chi connectivity index (χ3v) is 6.74. The quantitative estimate of drug-likeness (QED) is 0.656. The summed E-state index contributed by atoms with van der Waals surface area (Å²) in [5, 5.41) is 9.42. The second-order valence-corrected chi connectivity index (χ2v) is 9.13. The van der Waals surface area contributed by atoms with Crippen LogP contribution in [0.3, 0.4) is 0 Å². The fraction of sp³-hybridized carbons (Fsp3) is 0.476. The Balaban J connectivity index is 1.13. The minimum absolute atomic E-state index is 0.0823. The summed E-state index contributed by atoms with van der Waals surface area (Å²) in [6.45, 7) is 1.89. The van der Waals surface area contributed by atoms with Crippen LogP contribution >= 0.6 is 11.3 Å². The highest BCUT2D eigenvalue weighted by Crippen LogP contribution is 2.34. The summed E-state index contributed by atoms with van der Waals surface area (Å²) in [5.41, 5.74) is 1.69. The molecule has 2 aromatic rings. The van der Waals surface area contributed by atoms with E-state index in [1.807, 2.05) is 0 Å². The number of rotatable bonds is 5. The molecule has 0 bridgehead atoms. The number of benzene rings is 1. The first kappa shape index (κ1) is 20.1. The molecule has 1 aliphatic carbocycles. The van der Waals surface area contributed by atoms with Crippen LogP contribution in [0.15, 0.2) is 18.2 Å². The molecule has 0 unspecified atom stereocenters. The Bertz CT molecular complexity index is 988. The number of aromatic nitrogens is 1. The molecule has 0 atom stereocenters. The van der Waals surface area contributed by atoms with E-state index in [0.717, 1.165) is 36.4 Å². The second kappa shape index (κ2) is 8.72.